The molecule has 8 heteroatoms. The van der Waals surface area contributed by atoms with Gasteiger partial charge in [-0.2, -0.15) is 5.26 Å². The molecule has 1 heterocycles. The highest BCUT2D eigenvalue weighted by Gasteiger charge is 2.33. The van der Waals surface area contributed by atoms with Crippen molar-refractivity contribution in [3.63, 3.8) is 0 Å². The summed E-state index contributed by atoms with van der Waals surface area (Å²) in [5, 5.41) is 8.00. The van der Waals surface area contributed by atoms with Crippen LogP contribution in [0.5, 0.6) is 0 Å². The van der Waals surface area contributed by atoms with Crippen molar-refractivity contribution < 1.29 is 8.42 Å². The van der Waals surface area contributed by atoms with E-state index in [2.05, 4.69) is 9.97 Å². The highest BCUT2D eigenvalue weighted by atomic mass is 35.5. The number of rotatable bonds is 3. The zero-order chi connectivity index (χ0) is 17.3. The second-order valence-electron chi connectivity index (χ2n) is 4.90. The summed E-state index contributed by atoms with van der Waals surface area (Å²) in [6.45, 7) is 0. The van der Waals surface area contributed by atoms with E-state index in [0.717, 1.165) is 0 Å². The number of nitrogens with zero attached hydrogens (tertiary/aromatic N) is 3. The molecule has 24 heavy (non-hydrogen) atoms. The molecule has 0 saturated carbocycles. The largest absolute Gasteiger partial charge is 0.245 e. The first-order valence-electron chi connectivity index (χ1n) is 6.75. The van der Waals surface area contributed by atoms with Gasteiger partial charge in [0.1, 0.15) is 5.69 Å². The van der Waals surface area contributed by atoms with Gasteiger partial charge in [-0.3, -0.25) is 0 Å². The number of hydrogen-bond acceptors (Lipinski definition) is 5. The van der Waals surface area contributed by atoms with E-state index in [1.165, 1.54) is 18.2 Å². The lowest BCUT2D eigenvalue weighted by Crippen LogP contribution is -2.15. The first kappa shape index (κ1) is 16.7. The first-order chi connectivity index (χ1) is 11.4. The molecule has 0 aliphatic rings. The van der Waals surface area contributed by atoms with E-state index in [1.54, 1.807) is 36.4 Å². The van der Waals surface area contributed by atoms with E-state index in [1.807, 2.05) is 0 Å². The summed E-state index contributed by atoms with van der Waals surface area (Å²) in [7, 11) is -4.05. The lowest BCUT2D eigenvalue weighted by molar-refractivity contribution is 0.590. The van der Waals surface area contributed by atoms with Crippen LogP contribution in [0.15, 0.2) is 53.4 Å². The maximum atomic E-state index is 12.8. The predicted octanol–water partition coefficient (Wildman–Crippen LogP) is 3.98. The first-order valence-corrected chi connectivity index (χ1v) is 9.05. The van der Waals surface area contributed by atoms with Crippen molar-refractivity contribution in [2.45, 2.75) is 10.1 Å². The van der Waals surface area contributed by atoms with E-state index < -0.39 is 15.1 Å². The average Bonchev–Trinajstić information content (AvgIpc) is 2.56. The summed E-state index contributed by atoms with van der Waals surface area (Å²) < 4.78 is 25.6. The number of aromatic nitrogens is 2. The highest BCUT2D eigenvalue weighted by Crippen LogP contribution is 2.32. The normalized spacial score (nSPS) is 12.7. The molecule has 0 radical (unpaired) electrons. The van der Waals surface area contributed by atoms with Crippen molar-refractivity contribution in [2.24, 2.45) is 0 Å². The summed E-state index contributed by atoms with van der Waals surface area (Å²) in [5.74, 6) is 0. The maximum Gasteiger partial charge on any atom is 0.200 e. The van der Waals surface area contributed by atoms with Crippen LogP contribution >= 0.6 is 23.2 Å². The van der Waals surface area contributed by atoms with Gasteiger partial charge in [0, 0.05) is 5.02 Å². The van der Waals surface area contributed by atoms with Gasteiger partial charge in [-0.25, -0.2) is 18.4 Å². The molecule has 0 spiro atoms. The number of nitriles is 1. The Labute approximate surface area is 148 Å². The van der Waals surface area contributed by atoms with E-state index >= 15 is 0 Å². The SMILES string of the molecule is N#C[C@@H](c1nc2ccccc2nc1Cl)S(=O)(=O)c1cccc(Cl)c1. The zero-order valence-electron chi connectivity index (χ0n) is 12.0. The molecule has 3 rings (SSSR count). The van der Waals surface area contributed by atoms with Crippen LogP contribution in [0.2, 0.25) is 10.2 Å². The fraction of sp³-hybridized carbons (Fsp3) is 0.0625. The van der Waals surface area contributed by atoms with Crippen LogP contribution in [0, 0.1) is 11.3 Å². The van der Waals surface area contributed by atoms with Crippen LogP contribution in [0.25, 0.3) is 11.0 Å². The number of sulfone groups is 1. The molecule has 0 unspecified atom stereocenters. The predicted molar refractivity (Wildman–Crippen MR) is 91.5 cm³/mol. The van der Waals surface area contributed by atoms with Gasteiger partial charge in [0.25, 0.3) is 0 Å². The summed E-state index contributed by atoms with van der Waals surface area (Å²) in [6, 6.07) is 14.3. The quantitative estimate of drug-likeness (QED) is 0.689. The molecule has 0 amide bonds. The topological polar surface area (TPSA) is 83.7 Å². The maximum absolute atomic E-state index is 12.8. The van der Waals surface area contributed by atoms with Crippen molar-refractivity contribution >= 4 is 44.1 Å². The van der Waals surface area contributed by atoms with Gasteiger partial charge in [0.15, 0.2) is 10.4 Å². The monoisotopic (exact) mass is 377 g/mol. The standard InChI is InChI=1S/C16H9Cl2N3O2S/c17-10-4-3-5-11(8-10)24(22,23)14(9-19)15-16(18)21-13-7-2-1-6-12(13)20-15/h1-8,14H/t14-/m0/s1. The second kappa shape index (κ2) is 6.36. The van der Waals surface area contributed by atoms with Gasteiger partial charge >= 0.3 is 0 Å². The Bertz CT molecular complexity index is 1080. The van der Waals surface area contributed by atoms with Crippen molar-refractivity contribution in [3.05, 3.63) is 64.4 Å². The Hall–Kier alpha value is -2.20. The van der Waals surface area contributed by atoms with Crippen LogP contribution < -0.4 is 0 Å². The molecule has 0 bridgehead atoms. The lowest BCUT2D eigenvalue weighted by Gasteiger charge is -2.12. The number of para-hydroxylation sites is 2. The Kier molecular flexibility index (Phi) is 4.41. The van der Waals surface area contributed by atoms with E-state index in [4.69, 9.17) is 23.2 Å². The number of fused-ring (bicyclic) bond motifs is 1. The lowest BCUT2D eigenvalue weighted by atomic mass is 10.2. The smallest absolute Gasteiger partial charge is 0.200 e. The van der Waals surface area contributed by atoms with E-state index in [9.17, 15) is 13.7 Å². The molecule has 1 aromatic heterocycles. The third kappa shape index (κ3) is 2.94. The molecule has 0 aliphatic carbocycles. The molecular weight excluding hydrogens is 369 g/mol. The van der Waals surface area contributed by atoms with Crippen molar-refractivity contribution in [1.82, 2.24) is 9.97 Å². The minimum atomic E-state index is -4.05. The van der Waals surface area contributed by atoms with Crippen molar-refractivity contribution in [2.75, 3.05) is 0 Å². The van der Waals surface area contributed by atoms with Gasteiger partial charge < -0.3 is 0 Å². The van der Waals surface area contributed by atoms with Crippen LogP contribution in [0.3, 0.4) is 0 Å². The third-order valence-electron chi connectivity index (χ3n) is 3.35. The Balaban J connectivity index is 2.19. The minimum Gasteiger partial charge on any atom is -0.245 e. The third-order valence-corrected chi connectivity index (χ3v) is 5.73. The summed E-state index contributed by atoms with van der Waals surface area (Å²) >= 11 is 11.9. The van der Waals surface area contributed by atoms with Gasteiger partial charge in [0.05, 0.1) is 22.0 Å². The Morgan fingerprint density at radius 3 is 2.29 bits per heavy atom. The van der Waals surface area contributed by atoms with Gasteiger partial charge in [-0.1, -0.05) is 41.4 Å². The van der Waals surface area contributed by atoms with Gasteiger partial charge in [0.2, 0.25) is 9.84 Å². The van der Waals surface area contributed by atoms with Crippen LogP contribution in [0.1, 0.15) is 10.9 Å². The van der Waals surface area contributed by atoms with Crippen molar-refractivity contribution in [3.8, 4) is 6.07 Å². The van der Waals surface area contributed by atoms with Gasteiger partial charge in [-0.15, -0.1) is 0 Å². The second-order valence-corrected chi connectivity index (χ2v) is 7.73. The summed E-state index contributed by atoms with van der Waals surface area (Å²) in [5.41, 5.74) is 0.874. The van der Waals surface area contributed by atoms with Crippen LogP contribution in [0.4, 0.5) is 0 Å². The molecule has 2 aromatic carbocycles. The molecule has 0 aliphatic heterocycles. The Morgan fingerprint density at radius 2 is 1.67 bits per heavy atom. The van der Waals surface area contributed by atoms with Gasteiger partial charge in [-0.05, 0) is 30.3 Å². The molecule has 120 valence electrons. The summed E-state index contributed by atoms with van der Waals surface area (Å²) in [6.07, 6.45) is 0. The molecule has 0 saturated heterocycles. The molecule has 1 atom stereocenters. The highest BCUT2D eigenvalue weighted by molar-refractivity contribution is 7.92. The molecule has 0 fully saturated rings. The Morgan fingerprint density at radius 1 is 1.00 bits per heavy atom. The van der Waals surface area contributed by atoms with Crippen LogP contribution in [-0.2, 0) is 9.84 Å². The number of benzene rings is 2. The van der Waals surface area contributed by atoms with Crippen LogP contribution in [-0.4, -0.2) is 18.4 Å². The average molecular weight is 378 g/mol. The molecule has 5 nitrogen and oxygen atoms in total. The molecule has 0 N–H and O–H groups in total. The van der Waals surface area contributed by atoms with E-state index in [0.29, 0.717) is 11.0 Å². The summed E-state index contributed by atoms with van der Waals surface area (Å²) in [4.78, 5) is 8.29. The number of hydrogen-bond donors (Lipinski definition) is 0. The number of halogens is 2. The molecular formula is C16H9Cl2N3O2S. The molecule has 3 aromatic rings. The zero-order valence-corrected chi connectivity index (χ0v) is 14.3. The fourth-order valence-electron chi connectivity index (χ4n) is 2.22. The minimum absolute atomic E-state index is 0.0763. The van der Waals surface area contributed by atoms with Crippen molar-refractivity contribution in [1.29, 1.82) is 5.26 Å². The van der Waals surface area contributed by atoms with E-state index in [-0.39, 0.29) is 20.8 Å². The fourth-order valence-corrected chi connectivity index (χ4v) is 4.21.